The Kier molecular flexibility index (Phi) is 4.79. The first-order valence-corrected chi connectivity index (χ1v) is 8.75. The number of carbonyl (C=O) groups is 1. The summed E-state index contributed by atoms with van der Waals surface area (Å²) in [6, 6.07) is 4.15. The van der Waals surface area contributed by atoms with E-state index >= 15 is 0 Å². The van der Waals surface area contributed by atoms with Gasteiger partial charge in [0.2, 0.25) is 0 Å². The number of benzene rings is 1. The van der Waals surface area contributed by atoms with Gasteiger partial charge in [0.25, 0.3) is 0 Å². The van der Waals surface area contributed by atoms with Gasteiger partial charge in [-0.15, -0.1) is 11.3 Å². The minimum absolute atomic E-state index is 0.139. The van der Waals surface area contributed by atoms with Crippen LogP contribution in [0.2, 0.25) is 0 Å². The topological polar surface area (TPSA) is 128 Å². The SMILES string of the molecule is NCCOc1cc(N2CCC(N)CC2)cc2sc(C(=O)O)c(N)c12. The van der Waals surface area contributed by atoms with Gasteiger partial charge >= 0.3 is 5.97 Å². The zero-order valence-electron chi connectivity index (χ0n) is 13.3. The molecule has 3 rings (SSSR count). The fourth-order valence-electron chi connectivity index (χ4n) is 2.98. The molecule has 2 aromatic rings. The van der Waals surface area contributed by atoms with Crippen molar-refractivity contribution in [2.45, 2.75) is 18.9 Å². The van der Waals surface area contributed by atoms with Gasteiger partial charge in [-0.3, -0.25) is 0 Å². The fraction of sp³-hybridized carbons (Fsp3) is 0.438. The van der Waals surface area contributed by atoms with E-state index in [2.05, 4.69) is 4.90 Å². The van der Waals surface area contributed by atoms with E-state index in [0.717, 1.165) is 36.3 Å². The Morgan fingerprint density at radius 3 is 2.71 bits per heavy atom. The number of hydrogen-bond donors (Lipinski definition) is 4. The number of ether oxygens (including phenoxy) is 1. The Morgan fingerprint density at radius 1 is 1.38 bits per heavy atom. The molecule has 0 unspecified atom stereocenters. The average Bonchev–Trinajstić information content (AvgIpc) is 2.90. The van der Waals surface area contributed by atoms with Crippen molar-refractivity contribution in [1.29, 1.82) is 0 Å². The van der Waals surface area contributed by atoms with Crippen molar-refractivity contribution in [1.82, 2.24) is 0 Å². The van der Waals surface area contributed by atoms with Crippen molar-refractivity contribution < 1.29 is 14.6 Å². The standard InChI is InChI=1S/C16H22N4O3S/c17-3-6-23-11-7-10(20-4-1-9(18)2-5-20)8-12-13(11)14(19)15(24-12)16(21)22/h7-9H,1-6,17-19H2,(H,21,22). The number of nitrogens with two attached hydrogens (primary N) is 3. The zero-order chi connectivity index (χ0) is 17.3. The van der Waals surface area contributed by atoms with E-state index in [1.54, 1.807) is 0 Å². The van der Waals surface area contributed by atoms with Crippen LogP contribution < -0.4 is 26.8 Å². The summed E-state index contributed by atoms with van der Waals surface area (Å²) in [6.45, 7) is 2.46. The van der Waals surface area contributed by atoms with Crippen LogP contribution in [0.25, 0.3) is 10.1 Å². The minimum atomic E-state index is -1.02. The number of carboxylic acid groups (broad SMARTS) is 1. The van der Waals surface area contributed by atoms with E-state index in [0.29, 0.717) is 24.3 Å². The molecule has 2 heterocycles. The number of anilines is 2. The van der Waals surface area contributed by atoms with Gasteiger partial charge < -0.3 is 31.9 Å². The molecule has 1 aromatic carbocycles. The van der Waals surface area contributed by atoms with Gasteiger partial charge in [-0.25, -0.2) is 4.79 Å². The average molecular weight is 350 g/mol. The largest absolute Gasteiger partial charge is 0.491 e. The van der Waals surface area contributed by atoms with Crippen molar-refractivity contribution in [3.8, 4) is 5.75 Å². The summed E-state index contributed by atoms with van der Waals surface area (Å²) >= 11 is 1.17. The lowest BCUT2D eigenvalue weighted by molar-refractivity contribution is 0.0703. The molecule has 7 N–H and O–H groups in total. The number of hydrogen-bond acceptors (Lipinski definition) is 7. The maximum Gasteiger partial charge on any atom is 0.348 e. The summed E-state index contributed by atoms with van der Waals surface area (Å²) in [5.74, 6) is -0.437. The second kappa shape index (κ2) is 6.84. The highest BCUT2D eigenvalue weighted by Crippen LogP contribution is 2.42. The second-order valence-electron chi connectivity index (χ2n) is 5.93. The van der Waals surface area contributed by atoms with E-state index in [4.69, 9.17) is 21.9 Å². The van der Waals surface area contributed by atoms with Crippen LogP contribution in [0.4, 0.5) is 11.4 Å². The molecule has 7 nitrogen and oxygen atoms in total. The molecular formula is C16H22N4O3S. The van der Waals surface area contributed by atoms with Crippen LogP contribution in [0.3, 0.4) is 0 Å². The van der Waals surface area contributed by atoms with E-state index in [9.17, 15) is 9.90 Å². The van der Waals surface area contributed by atoms with Crippen LogP contribution in [0, 0.1) is 0 Å². The van der Waals surface area contributed by atoms with Gasteiger partial charge in [-0.2, -0.15) is 0 Å². The van der Waals surface area contributed by atoms with Crippen LogP contribution >= 0.6 is 11.3 Å². The summed E-state index contributed by atoms with van der Waals surface area (Å²) in [4.78, 5) is 13.8. The van der Waals surface area contributed by atoms with E-state index in [1.807, 2.05) is 12.1 Å². The third kappa shape index (κ3) is 3.12. The predicted octanol–water partition coefficient (Wildman–Crippen LogP) is 1.45. The molecule has 0 spiro atoms. The number of thiophene rings is 1. The molecule has 1 aliphatic heterocycles. The molecule has 1 fully saturated rings. The Bertz CT molecular complexity index is 753. The van der Waals surface area contributed by atoms with Gasteiger partial charge in [-0.1, -0.05) is 0 Å². The first kappa shape index (κ1) is 16.8. The third-order valence-electron chi connectivity index (χ3n) is 4.25. The maximum absolute atomic E-state index is 11.4. The molecule has 1 aliphatic rings. The van der Waals surface area contributed by atoms with Crippen LogP contribution in [0.1, 0.15) is 22.5 Å². The molecule has 0 aliphatic carbocycles. The number of carboxylic acids is 1. The number of fused-ring (bicyclic) bond motifs is 1. The van der Waals surface area contributed by atoms with Crippen LogP contribution in [-0.4, -0.2) is 43.4 Å². The second-order valence-corrected chi connectivity index (χ2v) is 6.98. The summed E-state index contributed by atoms with van der Waals surface area (Å²) in [5, 5.41) is 9.98. The summed E-state index contributed by atoms with van der Waals surface area (Å²) in [6.07, 6.45) is 1.87. The third-order valence-corrected chi connectivity index (χ3v) is 5.39. The first-order chi connectivity index (χ1) is 11.5. The molecule has 0 bridgehead atoms. The van der Waals surface area contributed by atoms with Crippen LogP contribution in [0.15, 0.2) is 12.1 Å². The van der Waals surface area contributed by atoms with Gasteiger partial charge in [0.1, 0.15) is 17.2 Å². The Balaban J connectivity index is 2.06. The lowest BCUT2D eigenvalue weighted by atomic mass is 10.0. The lowest BCUT2D eigenvalue weighted by Crippen LogP contribution is -2.39. The molecule has 1 saturated heterocycles. The first-order valence-electron chi connectivity index (χ1n) is 7.94. The Labute approximate surface area is 144 Å². The monoisotopic (exact) mass is 350 g/mol. The van der Waals surface area contributed by atoms with Gasteiger partial charge in [-0.05, 0) is 18.9 Å². The van der Waals surface area contributed by atoms with Crippen molar-refractivity contribution >= 4 is 38.8 Å². The molecular weight excluding hydrogens is 328 g/mol. The fourth-order valence-corrected chi connectivity index (χ4v) is 3.99. The minimum Gasteiger partial charge on any atom is -0.491 e. The number of nitrogens with zero attached hydrogens (tertiary/aromatic N) is 1. The van der Waals surface area contributed by atoms with E-state index in [1.165, 1.54) is 11.3 Å². The number of aromatic carboxylic acids is 1. The highest BCUT2D eigenvalue weighted by Gasteiger charge is 2.22. The molecule has 0 saturated carbocycles. The summed E-state index contributed by atoms with van der Waals surface area (Å²) < 4.78 is 6.56. The summed E-state index contributed by atoms with van der Waals surface area (Å²) in [5.41, 5.74) is 18.8. The van der Waals surface area contributed by atoms with Gasteiger partial charge in [0, 0.05) is 42.1 Å². The molecule has 1 aromatic heterocycles. The van der Waals surface area contributed by atoms with E-state index < -0.39 is 5.97 Å². The predicted molar refractivity (Wildman–Crippen MR) is 97.2 cm³/mol. The maximum atomic E-state index is 11.4. The van der Waals surface area contributed by atoms with Crippen molar-refractivity contribution in [2.24, 2.45) is 11.5 Å². The van der Waals surface area contributed by atoms with E-state index in [-0.39, 0.29) is 16.6 Å². The highest BCUT2D eigenvalue weighted by atomic mass is 32.1. The molecule has 24 heavy (non-hydrogen) atoms. The molecule has 0 atom stereocenters. The summed E-state index contributed by atoms with van der Waals surface area (Å²) in [7, 11) is 0. The quantitative estimate of drug-likeness (QED) is 0.642. The molecule has 0 amide bonds. The normalized spacial score (nSPS) is 15.8. The lowest BCUT2D eigenvalue weighted by Gasteiger charge is -2.32. The Hall–Kier alpha value is -2.03. The van der Waals surface area contributed by atoms with Crippen molar-refractivity contribution in [2.75, 3.05) is 36.9 Å². The molecule has 8 heteroatoms. The molecule has 0 radical (unpaired) electrons. The van der Waals surface area contributed by atoms with Crippen LogP contribution in [-0.2, 0) is 0 Å². The zero-order valence-corrected chi connectivity index (χ0v) is 14.1. The smallest absolute Gasteiger partial charge is 0.348 e. The highest BCUT2D eigenvalue weighted by molar-refractivity contribution is 7.21. The number of piperidine rings is 1. The molecule has 130 valence electrons. The van der Waals surface area contributed by atoms with Gasteiger partial charge in [0.15, 0.2) is 0 Å². The van der Waals surface area contributed by atoms with Crippen molar-refractivity contribution in [3.05, 3.63) is 17.0 Å². The van der Waals surface area contributed by atoms with Crippen LogP contribution in [0.5, 0.6) is 5.75 Å². The van der Waals surface area contributed by atoms with Gasteiger partial charge in [0.05, 0.1) is 11.1 Å². The Morgan fingerprint density at radius 2 is 2.08 bits per heavy atom. The number of rotatable bonds is 5. The number of nitrogen functional groups attached to an aromatic ring is 1. The van der Waals surface area contributed by atoms with Crippen molar-refractivity contribution in [3.63, 3.8) is 0 Å².